The molecule has 8 heterocycles. The molecule has 0 saturated carbocycles. The van der Waals surface area contributed by atoms with Gasteiger partial charge in [0.05, 0.1) is 12.5 Å². The summed E-state index contributed by atoms with van der Waals surface area (Å²) >= 11 is 0. The SMILES string of the molecule is Cn1ccnc1-c1cccc2c1[n-]c1c(-n3[c-]ncc3)occ12.Cn1ccnc1-c1cccc2c1[n-]c1c(-n3[c-]ncc3)occ12.[Pt+2].[Pt+2]. The van der Waals surface area contributed by atoms with Gasteiger partial charge in [-0.3, -0.25) is 0 Å². The standard InChI is InChI=1S/2C17H11N5O.2Pt/c2*1-21-7-6-19-16(21)12-4-2-3-11-13-9-23-17(15(13)20-14(11)12)22-8-5-18-10-22;;/h2*2-9H,1H3;;/q2*-2;2*+2. The Morgan fingerprint density at radius 1 is 0.562 bits per heavy atom. The number of furan rings is 2. The van der Waals surface area contributed by atoms with E-state index in [1.54, 1.807) is 58.8 Å². The van der Waals surface area contributed by atoms with Crippen LogP contribution in [-0.4, -0.2) is 38.2 Å². The van der Waals surface area contributed by atoms with E-state index in [4.69, 9.17) is 18.8 Å². The van der Waals surface area contributed by atoms with Crippen LogP contribution in [-0.2, 0) is 56.2 Å². The maximum atomic E-state index is 5.67. The molecule has 2 aromatic carbocycles. The van der Waals surface area contributed by atoms with Crippen LogP contribution in [0.4, 0.5) is 0 Å². The summed E-state index contributed by atoms with van der Waals surface area (Å²) in [5, 5.41) is 4.06. The number of aryl methyl sites for hydroxylation is 2. The predicted molar refractivity (Wildman–Crippen MR) is 170 cm³/mol. The van der Waals surface area contributed by atoms with Gasteiger partial charge in [0.25, 0.3) is 0 Å². The molecule has 0 aliphatic rings. The summed E-state index contributed by atoms with van der Waals surface area (Å²) in [7, 11) is 3.95. The van der Waals surface area contributed by atoms with Gasteiger partial charge in [0.2, 0.25) is 0 Å². The molecule has 0 spiro atoms. The molecular formula is C34H22N10O2Pt2. The summed E-state index contributed by atoms with van der Waals surface area (Å²) in [6.07, 6.45) is 23.5. The monoisotopic (exact) mass is 992 g/mol. The van der Waals surface area contributed by atoms with Gasteiger partial charge in [-0.1, -0.05) is 61.2 Å². The third-order valence-electron chi connectivity index (χ3n) is 8.07. The molecular weight excluding hydrogens is 971 g/mol. The van der Waals surface area contributed by atoms with E-state index in [9.17, 15) is 0 Å². The second-order valence-corrected chi connectivity index (χ2v) is 10.8. The van der Waals surface area contributed by atoms with Gasteiger partial charge in [-0.15, -0.1) is 22.1 Å². The van der Waals surface area contributed by atoms with Gasteiger partial charge >= 0.3 is 42.1 Å². The number of para-hydroxylation sites is 2. The molecule has 0 saturated heterocycles. The van der Waals surface area contributed by atoms with Gasteiger partial charge < -0.3 is 47.0 Å². The first kappa shape index (κ1) is 31.4. The predicted octanol–water partition coefficient (Wildman–Crippen LogP) is 5.85. The van der Waals surface area contributed by atoms with Crippen molar-refractivity contribution >= 4 is 43.6 Å². The van der Waals surface area contributed by atoms with Crippen molar-refractivity contribution in [2.75, 3.05) is 0 Å². The average Bonchev–Trinajstić information content (AvgIpc) is 3.89. The number of fused-ring (bicyclic) bond motifs is 6. The topological polar surface area (TPSA) is 126 Å². The van der Waals surface area contributed by atoms with Crippen LogP contribution in [0.25, 0.3) is 78.2 Å². The minimum atomic E-state index is 0. The molecule has 0 bridgehead atoms. The van der Waals surface area contributed by atoms with Crippen LogP contribution in [0.1, 0.15) is 0 Å². The Morgan fingerprint density at radius 2 is 1.02 bits per heavy atom. The minimum Gasteiger partial charge on any atom is -0.660 e. The smallest absolute Gasteiger partial charge is 0.660 e. The van der Waals surface area contributed by atoms with E-state index in [-0.39, 0.29) is 42.1 Å². The molecule has 10 rings (SSSR count). The molecule has 0 atom stereocenters. The molecule has 0 N–H and O–H groups in total. The fraction of sp³-hybridized carbons (Fsp3) is 0.0588. The summed E-state index contributed by atoms with van der Waals surface area (Å²) < 4.78 is 18.7. The second kappa shape index (κ2) is 12.4. The molecule has 0 amide bonds. The van der Waals surface area contributed by atoms with Crippen molar-refractivity contribution in [2.24, 2.45) is 14.1 Å². The van der Waals surface area contributed by atoms with E-state index in [2.05, 4.69) is 32.6 Å². The van der Waals surface area contributed by atoms with Crippen molar-refractivity contribution < 1.29 is 51.0 Å². The van der Waals surface area contributed by atoms with Crippen LogP contribution in [0.3, 0.4) is 0 Å². The van der Waals surface area contributed by atoms with Crippen molar-refractivity contribution in [3.63, 3.8) is 0 Å². The van der Waals surface area contributed by atoms with Crippen molar-refractivity contribution in [1.29, 1.82) is 0 Å². The maximum absolute atomic E-state index is 5.67. The Morgan fingerprint density at radius 3 is 1.40 bits per heavy atom. The van der Waals surface area contributed by atoms with Gasteiger partial charge in [0.1, 0.15) is 23.4 Å². The summed E-state index contributed by atoms with van der Waals surface area (Å²) in [4.78, 5) is 26.4. The molecule has 14 heteroatoms. The van der Waals surface area contributed by atoms with Gasteiger partial charge in [-0.05, 0) is 21.5 Å². The maximum Gasteiger partial charge on any atom is 2.00 e. The summed E-state index contributed by atoms with van der Waals surface area (Å²) in [6.45, 7) is 0. The third kappa shape index (κ3) is 4.91. The van der Waals surface area contributed by atoms with Gasteiger partial charge in [0.15, 0.2) is 0 Å². The molecule has 240 valence electrons. The first-order valence-corrected chi connectivity index (χ1v) is 14.4. The van der Waals surface area contributed by atoms with Crippen LogP contribution in [0.15, 0.2) is 107 Å². The Bertz CT molecular complexity index is 2450. The number of benzene rings is 2. The van der Waals surface area contributed by atoms with Gasteiger partial charge in [-0.25, -0.2) is 9.97 Å². The van der Waals surface area contributed by atoms with Crippen LogP contribution in [0.2, 0.25) is 0 Å². The van der Waals surface area contributed by atoms with E-state index in [1.807, 2.05) is 72.0 Å². The summed E-state index contributed by atoms with van der Waals surface area (Å²) in [5.41, 5.74) is 5.46. The zero-order valence-electron chi connectivity index (χ0n) is 25.2. The third-order valence-corrected chi connectivity index (χ3v) is 8.07. The van der Waals surface area contributed by atoms with Crippen LogP contribution >= 0.6 is 0 Å². The molecule has 0 aliphatic carbocycles. The normalized spacial score (nSPS) is 11.2. The van der Waals surface area contributed by atoms with Crippen LogP contribution < -0.4 is 9.97 Å². The largest absolute Gasteiger partial charge is 2.00 e. The molecule has 0 fully saturated rings. The Labute approximate surface area is 301 Å². The fourth-order valence-electron chi connectivity index (χ4n) is 5.90. The first-order chi connectivity index (χ1) is 22.7. The molecule has 0 radical (unpaired) electrons. The summed E-state index contributed by atoms with van der Waals surface area (Å²) in [6, 6.07) is 12.2. The summed E-state index contributed by atoms with van der Waals surface area (Å²) in [5.74, 6) is 3.03. The van der Waals surface area contributed by atoms with Crippen molar-refractivity contribution in [2.45, 2.75) is 0 Å². The van der Waals surface area contributed by atoms with Crippen molar-refractivity contribution in [3.8, 4) is 34.5 Å². The van der Waals surface area contributed by atoms with E-state index in [0.717, 1.165) is 66.4 Å². The van der Waals surface area contributed by atoms with Crippen LogP contribution in [0.5, 0.6) is 0 Å². The Balaban J connectivity index is 0.000000146. The Kier molecular flexibility index (Phi) is 8.15. The molecule has 48 heavy (non-hydrogen) atoms. The minimum absolute atomic E-state index is 0. The van der Waals surface area contributed by atoms with Gasteiger partial charge in [-0.2, -0.15) is 0 Å². The second-order valence-electron chi connectivity index (χ2n) is 10.8. The van der Waals surface area contributed by atoms with Crippen LogP contribution in [0, 0.1) is 12.7 Å². The Hall–Kier alpha value is -5.18. The zero-order valence-corrected chi connectivity index (χ0v) is 29.7. The molecule has 10 aromatic rings. The number of aromatic nitrogens is 10. The quantitative estimate of drug-likeness (QED) is 0.201. The fourth-order valence-corrected chi connectivity index (χ4v) is 5.90. The van der Waals surface area contributed by atoms with Crippen molar-refractivity contribution in [1.82, 2.24) is 48.2 Å². The van der Waals surface area contributed by atoms with E-state index in [0.29, 0.717) is 11.8 Å². The average molecular weight is 993 g/mol. The van der Waals surface area contributed by atoms with E-state index in [1.165, 1.54) is 0 Å². The van der Waals surface area contributed by atoms with E-state index < -0.39 is 0 Å². The molecule has 0 aliphatic heterocycles. The number of hydrogen-bond donors (Lipinski definition) is 0. The van der Waals surface area contributed by atoms with E-state index >= 15 is 0 Å². The van der Waals surface area contributed by atoms with Gasteiger partial charge in [0, 0.05) is 62.7 Å². The number of imidazole rings is 4. The van der Waals surface area contributed by atoms with Crippen molar-refractivity contribution in [3.05, 3.63) is 111 Å². The number of nitrogens with zero attached hydrogens (tertiary/aromatic N) is 10. The number of rotatable bonds is 4. The zero-order chi connectivity index (χ0) is 30.8. The molecule has 8 aromatic heterocycles. The first-order valence-electron chi connectivity index (χ1n) is 14.4. The molecule has 0 unspecified atom stereocenters. The molecule has 12 nitrogen and oxygen atoms in total. The number of hydrogen-bond acceptors (Lipinski definition) is 6.